The van der Waals surface area contributed by atoms with Crippen molar-refractivity contribution in [3.8, 4) is 0 Å². The van der Waals surface area contributed by atoms with Crippen molar-refractivity contribution < 1.29 is 4.79 Å². The normalized spacial score (nSPS) is 19.3. The highest BCUT2D eigenvalue weighted by molar-refractivity contribution is 5.85. The molecule has 1 aromatic carbocycles. The molecule has 1 saturated heterocycles. The van der Waals surface area contributed by atoms with Gasteiger partial charge in [0.25, 0.3) is 0 Å². The smallest absolute Gasteiger partial charge is 0.222 e. The molecule has 1 heterocycles. The lowest BCUT2D eigenvalue weighted by molar-refractivity contribution is -0.133. The molecule has 0 aromatic heterocycles. The Kier molecular flexibility index (Phi) is 8.07. The second kappa shape index (κ2) is 9.29. The highest BCUT2D eigenvalue weighted by Gasteiger charge is 2.25. The van der Waals surface area contributed by atoms with Crippen molar-refractivity contribution in [2.75, 3.05) is 13.1 Å². The molecule has 2 unspecified atom stereocenters. The van der Waals surface area contributed by atoms with E-state index < -0.39 is 0 Å². The maximum atomic E-state index is 12.4. The summed E-state index contributed by atoms with van der Waals surface area (Å²) < 4.78 is 0. The zero-order valence-corrected chi connectivity index (χ0v) is 15.4. The van der Waals surface area contributed by atoms with Crippen LogP contribution in [-0.4, -0.2) is 29.9 Å². The zero-order chi connectivity index (χ0) is 16.1. The number of carbonyl (C=O) groups excluding carboxylic acids is 1. The van der Waals surface area contributed by atoms with Crippen molar-refractivity contribution >= 4 is 18.3 Å². The lowest BCUT2D eigenvalue weighted by atomic mass is 9.92. The van der Waals surface area contributed by atoms with Gasteiger partial charge in [-0.3, -0.25) is 4.79 Å². The molecule has 1 fully saturated rings. The molecule has 0 bridgehead atoms. The molecule has 130 valence electrons. The molecule has 0 saturated carbocycles. The molecule has 2 rings (SSSR count). The van der Waals surface area contributed by atoms with Gasteiger partial charge in [-0.05, 0) is 49.1 Å². The Balaban J connectivity index is 0.00000264. The summed E-state index contributed by atoms with van der Waals surface area (Å²) in [6.45, 7) is 8.18. The highest BCUT2D eigenvalue weighted by atomic mass is 35.5. The molecule has 1 aliphatic rings. The topological polar surface area (TPSA) is 46.3 Å². The number of piperidine rings is 1. The Morgan fingerprint density at radius 3 is 2.48 bits per heavy atom. The van der Waals surface area contributed by atoms with Crippen LogP contribution in [0.5, 0.6) is 0 Å². The fraction of sp³-hybridized carbons (Fsp3) is 0.632. The van der Waals surface area contributed by atoms with Crippen molar-refractivity contribution in [3.63, 3.8) is 0 Å². The molecular weight excluding hydrogens is 308 g/mol. The molecular formula is C19H31ClN2O. The molecule has 0 aliphatic carbocycles. The third-order valence-electron chi connectivity index (χ3n) is 4.83. The molecule has 4 heteroatoms. The number of aryl methyl sites for hydroxylation is 1. The van der Waals surface area contributed by atoms with E-state index in [2.05, 4.69) is 45.0 Å². The minimum absolute atomic E-state index is 0. The van der Waals surface area contributed by atoms with Crippen molar-refractivity contribution in [1.82, 2.24) is 4.90 Å². The van der Waals surface area contributed by atoms with Gasteiger partial charge < -0.3 is 10.6 Å². The molecule has 1 amide bonds. The summed E-state index contributed by atoms with van der Waals surface area (Å²) >= 11 is 0. The SMILES string of the molecule is CC(C)c1ccc(CCC(=O)N2CCCC(C(C)N)C2)cc1.Cl. The van der Waals surface area contributed by atoms with Crippen LogP contribution in [0.15, 0.2) is 24.3 Å². The number of hydrogen-bond donors (Lipinski definition) is 1. The number of hydrogen-bond acceptors (Lipinski definition) is 2. The number of carbonyl (C=O) groups is 1. The van der Waals surface area contributed by atoms with E-state index in [1.807, 2.05) is 4.90 Å². The second-order valence-electron chi connectivity index (χ2n) is 7.00. The van der Waals surface area contributed by atoms with E-state index in [0.717, 1.165) is 32.4 Å². The summed E-state index contributed by atoms with van der Waals surface area (Å²) in [4.78, 5) is 14.4. The fourth-order valence-electron chi connectivity index (χ4n) is 3.14. The first-order chi connectivity index (χ1) is 10.5. The van der Waals surface area contributed by atoms with E-state index in [-0.39, 0.29) is 24.4 Å². The first kappa shape index (κ1) is 20.0. The second-order valence-corrected chi connectivity index (χ2v) is 7.00. The highest BCUT2D eigenvalue weighted by Crippen LogP contribution is 2.20. The van der Waals surface area contributed by atoms with Crippen LogP contribution >= 0.6 is 12.4 Å². The maximum absolute atomic E-state index is 12.4. The van der Waals surface area contributed by atoms with Gasteiger partial charge in [0.15, 0.2) is 0 Å². The quantitative estimate of drug-likeness (QED) is 0.888. The van der Waals surface area contributed by atoms with Gasteiger partial charge >= 0.3 is 0 Å². The Hall–Kier alpha value is -1.06. The number of benzene rings is 1. The lowest BCUT2D eigenvalue weighted by Crippen LogP contribution is -2.45. The van der Waals surface area contributed by atoms with Gasteiger partial charge in [0.1, 0.15) is 0 Å². The van der Waals surface area contributed by atoms with E-state index >= 15 is 0 Å². The van der Waals surface area contributed by atoms with E-state index in [1.54, 1.807) is 0 Å². The predicted molar refractivity (Wildman–Crippen MR) is 99.1 cm³/mol. The third kappa shape index (κ3) is 5.82. The predicted octanol–water partition coefficient (Wildman–Crippen LogP) is 3.75. The van der Waals surface area contributed by atoms with Crippen LogP contribution in [0.1, 0.15) is 57.1 Å². The van der Waals surface area contributed by atoms with Crippen LogP contribution in [0.2, 0.25) is 0 Å². The van der Waals surface area contributed by atoms with Gasteiger partial charge in [-0.2, -0.15) is 0 Å². The van der Waals surface area contributed by atoms with Crippen LogP contribution < -0.4 is 5.73 Å². The lowest BCUT2D eigenvalue weighted by Gasteiger charge is -2.34. The Labute approximate surface area is 147 Å². The van der Waals surface area contributed by atoms with Crippen LogP contribution in [0.25, 0.3) is 0 Å². The molecule has 0 radical (unpaired) electrons. The fourth-order valence-corrected chi connectivity index (χ4v) is 3.14. The standard InChI is InChI=1S/C19H30N2O.ClH/c1-14(2)17-9-6-16(7-10-17)8-11-19(22)21-12-4-5-18(13-21)15(3)20;/h6-7,9-10,14-15,18H,4-5,8,11-13,20H2,1-3H3;1H. The van der Waals surface area contributed by atoms with E-state index in [1.165, 1.54) is 11.1 Å². The van der Waals surface area contributed by atoms with E-state index in [4.69, 9.17) is 5.73 Å². The van der Waals surface area contributed by atoms with Gasteiger partial charge in [0.05, 0.1) is 0 Å². The summed E-state index contributed by atoms with van der Waals surface area (Å²) in [6.07, 6.45) is 3.67. The number of likely N-dealkylation sites (tertiary alicyclic amines) is 1. The van der Waals surface area contributed by atoms with Crippen molar-refractivity contribution in [2.45, 2.75) is 58.4 Å². The number of amides is 1. The minimum atomic E-state index is 0. The van der Waals surface area contributed by atoms with Crippen LogP contribution in [0, 0.1) is 5.92 Å². The summed E-state index contributed by atoms with van der Waals surface area (Å²) in [5.41, 5.74) is 8.60. The minimum Gasteiger partial charge on any atom is -0.342 e. The van der Waals surface area contributed by atoms with Gasteiger partial charge in [0.2, 0.25) is 5.91 Å². The van der Waals surface area contributed by atoms with Crippen LogP contribution in [0.4, 0.5) is 0 Å². The monoisotopic (exact) mass is 338 g/mol. The average Bonchev–Trinajstić information content (AvgIpc) is 2.53. The first-order valence-corrected chi connectivity index (χ1v) is 8.59. The molecule has 23 heavy (non-hydrogen) atoms. The molecule has 3 nitrogen and oxygen atoms in total. The number of halogens is 1. The molecule has 1 aliphatic heterocycles. The van der Waals surface area contributed by atoms with Crippen molar-refractivity contribution in [2.24, 2.45) is 11.7 Å². The molecule has 0 spiro atoms. The summed E-state index contributed by atoms with van der Waals surface area (Å²) in [6, 6.07) is 8.85. The molecule has 1 aromatic rings. The number of rotatable bonds is 5. The Morgan fingerprint density at radius 2 is 1.91 bits per heavy atom. The average molecular weight is 339 g/mol. The van der Waals surface area contributed by atoms with Gasteiger partial charge in [-0.15, -0.1) is 12.4 Å². The summed E-state index contributed by atoms with van der Waals surface area (Å²) in [5.74, 6) is 1.29. The van der Waals surface area contributed by atoms with Crippen LogP contribution in [-0.2, 0) is 11.2 Å². The molecule has 2 atom stereocenters. The first-order valence-electron chi connectivity index (χ1n) is 8.59. The zero-order valence-electron chi connectivity index (χ0n) is 14.6. The van der Waals surface area contributed by atoms with Crippen molar-refractivity contribution in [1.29, 1.82) is 0 Å². The van der Waals surface area contributed by atoms with Gasteiger partial charge in [-0.1, -0.05) is 38.1 Å². The summed E-state index contributed by atoms with van der Waals surface area (Å²) in [7, 11) is 0. The van der Waals surface area contributed by atoms with E-state index in [0.29, 0.717) is 18.3 Å². The molecule has 2 N–H and O–H groups in total. The number of nitrogens with two attached hydrogens (primary N) is 1. The largest absolute Gasteiger partial charge is 0.342 e. The van der Waals surface area contributed by atoms with Gasteiger partial charge in [0, 0.05) is 25.6 Å². The Bertz CT molecular complexity index is 485. The van der Waals surface area contributed by atoms with Crippen molar-refractivity contribution in [3.05, 3.63) is 35.4 Å². The Morgan fingerprint density at radius 1 is 1.26 bits per heavy atom. The number of nitrogens with zero attached hydrogens (tertiary/aromatic N) is 1. The van der Waals surface area contributed by atoms with E-state index in [9.17, 15) is 4.79 Å². The summed E-state index contributed by atoms with van der Waals surface area (Å²) in [5, 5.41) is 0. The van der Waals surface area contributed by atoms with Crippen LogP contribution in [0.3, 0.4) is 0 Å². The van der Waals surface area contributed by atoms with Gasteiger partial charge in [-0.25, -0.2) is 0 Å². The maximum Gasteiger partial charge on any atom is 0.222 e. The third-order valence-corrected chi connectivity index (χ3v) is 4.83.